The number of benzene rings is 1. The molecule has 168 valence electrons. The van der Waals surface area contributed by atoms with E-state index in [1.54, 1.807) is 12.1 Å². The Kier molecular flexibility index (Phi) is 6.65. The molecule has 8 heteroatoms. The fraction of sp³-hybridized carbons (Fsp3) is 0.609. The van der Waals surface area contributed by atoms with Crippen LogP contribution in [-0.2, 0) is 4.79 Å². The third-order valence-corrected chi connectivity index (χ3v) is 7.41. The lowest BCUT2D eigenvalue weighted by molar-refractivity contribution is -0.131. The van der Waals surface area contributed by atoms with E-state index < -0.39 is 23.9 Å². The number of halogens is 2. The van der Waals surface area contributed by atoms with Crippen molar-refractivity contribution in [1.29, 1.82) is 5.26 Å². The number of alkyl halides is 1. The fourth-order valence-electron chi connectivity index (χ4n) is 4.78. The van der Waals surface area contributed by atoms with Crippen molar-refractivity contribution in [2.24, 2.45) is 11.3 Å². The molecule has 0 bridgehead atoms. The molecule has 2 fully saturated rings. The van der Waals surface area contributed by atoms with Gasteiger partial charge >= 0.3 is 0 Å². The molecule has 2 aliphatic rings. The van der Waals surface area contributed by atoms with E-state index in [2.05, 4.69) is 24.5 Å². The van der Waals surface area contributed by atoms with Crippen LogP contribution in [-0.4, -0.2) is 54.1 Å². The van der Waals surface area contributed by atoms with Crippen LogP contribution in [0.3, 0.4) is 0 Å². The standard InChI is InChI=1S/C23H30F2N4O2/c1-22(2)15(12-27-21(31)18-6-4-5-7-19(18)25)8-9-23(22,3)28-13-20(30)29-14-16(24)10-17(29)11-26/h4-7,15-17,28H,8-10,12-14H2,1-3H3,(H,27,31)/t15-,16+,17+,23-/m1/s1. The molecule has 4 atom stereocenters. The minimum atomic E-state index is -1.16. The summed E-state index contributed by atoms with van der Waals surface area (Å²) in [5.41, 5.74) is -0.626. The van der Waals surface area contributed by atoms with Crippen LogP contribution < -0.4 is 10.6 Å². The minimum Gasteiger partial charge on any atom is -0.352 e. The molecule has 3 rings (SSSR count). The Balaban J connectivity index is 1.58. The fourth-order valence-corrected chi connectivity index (χ4v) is 4.78. The Morgan fingerprint density at radius 1 is 1.29 bits per heavy atom. The Morgan fingerprint density at radius 2 is 2.00 bits per heavy atom. The number of amides is 2. The van der Waals surface area contributed by atoms with E-state index in [0.29, 0.717) is 6.54 Å². The lowest BCUT2D eigenvalue weighted by atomic mass is 9.71. The first-order chi connectivity index (χ1) is 14.6. The summed E-state index contributed by atoms with van der Waals surface area (Å²) >= 11 is 0. The van der Waals surface area contributed by atoms with Gasteiger partial charge in [-0.2, -0.15) is 5.26 Å². The maximum absolute atomic E-state index is 13.8. The average molecular weight is 433 g/mol. The first kappa shape index (κ1) is 23.1. The first-order valence-electron chi connectivity index (χ1n) is 10.7. The van der Waals surface area contributed by atoms with Gasteiger partial charge in [-0.15, -0.1) is 0 Å². The largest absolute Gasteiger partial charge is 0.352 e. The highest BCUT2D eigenvalue weighted by Gasteiger charge is 2.51. The molecular formula is C23H30F2N4O2. The van der Waals surface area contributed by atoms with Gasteiger partial charge in [0.25, 0.3) is 5.91 Å². The number of carbonyl (C=O) groups excluding carboxylic acids is 2. The Labute approximate surface area is 182 Å². The number of hydrogen-bond donors (Lipinski definition) is 2. The monoisotopic (exact) mass is 432 g/mol. The van der Waals surface area contributed by atoms with Gasteiger partial charge in [-0.25, -0.2) is 8.78 Å². The third-order valence-electron chi connectivity index (χ3n) is 7.41. The molecule has 2 N–H and O–H groups in total. The van der Waals surface area contributed by atoms with Gasteiger partial charge in [-0.05, 0) is 43.2 Å². The van der Waals surface area contributed by atoms with Gasteiger partial charge in [0.2, 0.25) is 5.91 Å². The number of nitrogens with one attached hydrogen (secondary N) is 2. The van der Waals surface area contributed by atoms with Gasteiger partial charge in [-0.3, -0.25) is 9.59 Å². The second-order valence-electron chi connectivity index (χ2n) is 9.36. The first-order valence-corrected chi connectivity index (χ1v) is 10.7. The van der Waals surface area contributed by atoms with E-state index in [-0.39, 0.29) is 47.9 Å². The van der Waals surface area contributed by atoms with Gasteiger partial charge < -0.3 is 15.5 Å². The van der Waals surface area contributed by atoms with Crippen molar-refractivity contribution in [2.45, 2.75) is 57.8 Å². The van der Waals surface area contributed by atoms with Crippen molar-refractivity contribution >= 4 is 11.8 Å². The Hall–Kier alpha value is -2.53. The summed E-state index contributed by atoms with van der Waals surface area (Å²) in [6.45, 7) is 6.61. The van der Waals surface area contributed by atoms with Gasteiger partial charge in [0.15, 0.2) is 0 Å². The smallest absolute Gasteiger partial charge is 0.254 e. The lowest BCUT2D eigenvalue weighted by Crippen LogP contribution is -2.56. The van der Waals surface area contributed by atoms with E-state index >= 15 is 0 Å². The molecule has 1 heterocycles. The topological polar surface area (TPSA) is 85.2 Å². The Morgan fingerprint density at radius 3 is 2.68 bits per heavy atom. The zero-order valence-electron chi connectivity index (χ0n) is 18.3. The van der Waals surface area contributed by atoms with E-state index in [1.807, 2.05) is 13.0 Å². The van der Waals surface area contributed by atoms with Crippen molar-refractivity contribution in [3.8, 4) is 6.07 Å². The molecule has 0 unspecified atom stereocenters. The Bertz CT molecular complexity index is 885. The summed E-state index contributed by atoms with van der Waals surface area (Å²) in [5.74, 6) is -1.14. The highest BCUT2D eigenvalue weighted by molar-refractivity contribution is 5.94. The molecule has 31 heavy (non-hydrogen) atoms. The number of rotatable bonds is 6. The molecule has 1 saturated carbocycles. The van der Waals surface area contributed by atoms with Crippen LogP contribution in [0.5, 0.6) is 0 Å². The molecule has 1 aromatic rings. The van der Waals surface area contributed by atoms with Crippen LogP contribution in [0.25, 0.3) is 0 Å². The molecule has 1 aliphatic heterocycles. The van der Waals surface area contributed by atoms with E-state index in [1.165, 1.54) is 17.0 Å². The summed E-state index contributed by atoms with van der Waals surface area (Å²) in [6, 6.07) is 7.17. The molecule has 2 amide bonds. The maximum atomic E-state index is 13.8. The lowest BCUT2D eigenvalue weighted by Gasteiger charge is -2.43. The molecule has 0 spiro atoms. The summed E-state index contributed by atoms with van der Waals surface area (Å²) < 4.78 is 27.5. The highest BCUT2D eigenvalue weighted by atomic mass is 19.1. The normalized spacial score (nSPS) is 29.5. The van der Waals surface area contributed by atoms with E-state index in [0.717, 1.165) is 12.8 Å². The van der Waals surface area contributed by atoms with Crippen LogP contribution >= 0.6 is 0 Å². The highest BCUT2D eigenvalue weighted by Crippen LogP contribution is 2.49. The molecule has 1 saturated heterocycles. The summed E-state index contributed by atoms with van der Waals surface area (Å²) in [4.78, 5) is 26.3. The SMILES string of the molecule is CC1(C)[C@@H](CNC(=O)c2ccccc2F)CC[C@@]1(C)NCC(=O)N1C[C@@H](F)C[C@H]1C#N. The van der Waals surface area contributed by atoms with Crippen LogP contribution in [0.15, 0.2) is 24.3 Å². The number of likely N-dealkylation sites (tertiary alicyclic amines) is 1. The third kappa shape index (κ3) is 4.57. The van der Waals surface area contributed by atoms with Gasteiger partial charge in [0.05, 0.1) is 24.7 Å². The van der Waals surface area contributed by atoms with Crippen LogP contribution in [0.1, 0.15) is 50.4 Å². The minimum absolute atomic E-state index is 0.0219. The second kappa shape index (κ2) is 8.91. The summed E-state index contributed by atoms with van der Waals surface area (Å²) in [6.07, 6.45) is 0.532. The second-order valence-corrected chi connectivity index (χ2v) is 9.36. The van der Waals surface area contributed by atoms with Crippen molar-refractivity contribution in [2.75, 3.05) is 19.6 Å². The number of nitriles is 1. The predicted molar refractivity (Wildman–Crippen MR) is 112 cm³/mol. The molecule has 0 radical (unpaired) electrons. The zero-order valence-corrected chi connectivity index (χ0v) is 18.3. The van der Waals surface area contributed by atoms with Crippen LogP contribution in [0.2, 0.25) is 0 Å². The quantitative estimate of drug-likeness (QED) is 0.724. The number of hydrogen-bond acceptors (Lipinski definition) is 4. The molecule has 0 aromatic heterocycles. The molecule has 1 aliphatic carbocycles. The summed E-state index contributed by atoms with van der Waals surface area (Å²) in [7, 11) is 0. The van der Waals surface area contributed by atoms with Gasteiger partial charge in [0.1, 0.15) is 18.0 Å². The van der Waals surface area contributed by atoms with Crippen molar-refractivity contribution in [3.63, 3.8) is 0 Å². The van der Waals surface area contributed by atoms with E-state index in [9.17, 15) is 18.4 Å². The summed E-state index contributed by atoms with van der Waals surface area (Å²) in [5, 5.41) is 15.4. The number of carbonyl (C=O) groups is 2. The van der Waals surface area contributed by atoms with Gasteiger partial charge in [0, 0.05) is 18.5 Å². The molecule has 1 aromatic carbocycles. The predicted octanol–water partition coefficient (Wildman–Crippen LogP) is 2.80. The maximum Gasteiger partial charge on any atom is 0.254 e. The van der Waals surface area contributed by atoms with Crippen LogP contribution in [0.4, 0.5) is 8.78 Å². The van der Waals surface area contributed by atoms with Crippen molar-refractivity contribution in [1.82, 2.24) is 15.5 Å². The number of nitrogens with zero attached hydrogens (tertiary/aromatic N) is 2. The average Bonchev–Trinajstić information content (AvgIpc) is 3.22. The molecular weight excluding hydrogens is 402 g/mol. The van der Waals surface area contributed by atoms with Crippen molar-refractivity contribution in [3.05, 3.63) is 35.6 Å². The van der Waals surface area contributed by atoms with Crippen molar-refractivity contribution < 1.29 is 18.4 Å². The van der Waals surface area contributed by atoms with Gasteiger partial charge in [-0.1, -0.05) is 26.0 Å². The molecule has 6 nitrogen and oxygen atoms in total. The zero-order chi connectivity index (χ0) is 22.8. The van der Waals surface area contributed by atoms with Crippen LogP contribution in [0, 0.1) is 28.5 Å². The van der Waals surface area contributed by atoms with E-state index in [4.69, 9.17) is 5.26 Å².